The van der Waals surface area contributed by atoms with Crippen molar-refractivity contribution in [3.8, 4) is 0 Å². The highest BCUT2D eigenvalue weighted by Gasteiger charge is 2.07. The zero-order valence-electron chi connectivity index (χ0n) is 15.4. The zero-order valence-corrected chi connectivity index (χ0v) is 15.4. The van der Waals surface area contributed by atoms with Gasteiger partial charge in [0.1, 0.15) is 5.82 Å². The first-order valence-corrected chi connectivity index (χ1v) is 8.65. The fourth-order valence-electron chi connectivity index (χ4n) is 2.09. The van der Waals surface area contributed by atoms with Crippen molar-refractivity contribution in [2.45, 2.75) is 53.2 Å². The predicted molar refractivity (Wildman–Crippen MR) is 97.5 cm³/mol. The maximum Gasteiger partial charge on any atom is 0.158 e. The van der Waals surface area contributed by atoms with E-state index < -0.39 is 0 Å². The molecule has 0 unspecified atom stereocenters. The van der Waals surface area contributed by atoms with Gasteiger partial charge in [-0.3, -0.25) is 4.79 Å². The molecule has 1 aromatic rings. The molecule has 0 aromatic heterocycles. The van der Waals surface area contributed by atoms with E-state index in [1.54, 1.807) is 24.3 Å². The van der Waals surface area contributed by atoms with Crippen LogP contribution in [0, 0.1) is 11.7 Å². The number of hydrogen-bond acceptors (Lipinski definition) is 3. The lowest BCUT2D eigenvalue weighted by Crippen LogP contribution is -2.32. The van der Waals surface area contributed by atoms with Gasteiger partial charge in [0.25, 0.3) is 0 Å². The van der Waals surface area contributed by atoms with Crippen LogP contribution in [0.25, 0.3) is 6.08 Å². The zero-order chi connectivity index (χ0) is 18.1. The van der Waals surface area contributed by atoms with Crippen molar-refractivity contribution in [3.05, 3.63) is 41.2 Å². The Balaban J connectivity index is 2.56. The van der Waals surface area contributed by atoms with Crippen molar-refractivity contribution < 1.29 is 13.9 Å². The second-order valence-corrected chi connectivity index (χ2v) is 6.74. The molecule has 4 heteroatoms. The smallest absolute Gasteiger partial charge is 0.158 e. The molecule has 1 aromatic carbocycles. The summed E-state index contributed by atoms with van der Waals surface area (Å²) in [6, 6.07) is 5.32. The molecule has 0 fully saturated rings. The summed E-state index contributed by atoms with van der Waals surface area (Å²) in [4.78, 5) is 11.6. The minimum Gasteiger partial charge on any atom is -0.377 e. The van der Waals surface area contributed by atoms with Crippen LogP contribution in [0.1, 0.15) is 45.7 Å². The van der Waals surface area contributed by atoms with Crippen LogP contribution in [0.4, 0.5) is 4.39 Å². The van der Waals surface area contributed by atoms with Gasteiger partial charge in [0.05, 0.1) is 12.7 Å². The van der Waals surface area contributed by atoms with Gasteiger partial charge in [-0.05, 0) is 42.7 Å². The topological polar surface area (TPSA) is 38.3 Å². The number of rotatable bonds is 10. The summed E-state index contributed by atoms with van der Waals surface area (Å²) in [6.07, 6.45) is 3.89. The van der Waals surface area contributed by atoms with E-state index in [-0.39, 0.29) is 23.6 Å². The predicted octanol–water partition coefficient (Wildman–Crippen LogP) is 4.01. The molecule has 0 spiro atoms. The number of nitrogens with one attached hydrogen (secondary N) is 1. The summed E-state index contributed by atoms with van der Waals surface area (Å²) >= 11 is 0. The van der Waals surface area contributed by atoms with Gasteiger partial charge in [-0.15, -0.1) is 0 Å². The third kappa shape index (κ3) is 7.84. The summed E-state index contributed by atoms with van der Waals surface area (Å²) in [5, 5.41) is 3.31. The van der Waals surface area contributed by atoms with Crippen LogP contribution in [0.3, 0.4) is 0 Å². The number of halogens is 1. The Morgan fingerprint density at radius 2 is 1.96 bits per heavy atom. The highest BCUT2D eigenvalue weighted by atomic mass is 19.1. The summed E-state index contributed by atoms with van der Waals surface area (Å²) in [7, 11) is 0. The average Bonchev–Trinajstić information content (AvgIpc) is 2.52. The van der Waals surface area contributed by atoms with Crippen molar-refractivity contribution in [3.63, 3.8) is 0 Å². The first-order chi connectivity index (χ1) is 11.3. The van der Waals surface area contributed by atoms with E-state index in [2.05, 4.69) is 19.2 Å². The molecule has 0 amide bonds. The lowest BCUT2D eigenvalue weighted by atomic mass is 10.0. The normalized spacial score (nSPS) is 13.2. The van der Waals surface area contributed by atoms with Crippen molar-refractivity contribution >= 4 is 11.9 Å². The van der Waals surface area contributed by atoms with Gasteiger partial charge in [0.15, 0.2) is 5.78 Å². The molecule has 134 valence electrons. The van der Waals surface area contributed by atoms with Gasteiger partial charge in [-0.25, -0.2) is 4.39 Å². The van der Waals surface area contributed by atoms with E-state index in [9.17, 15) is 9.18 Å². The molecular weight excluding hydrogens is 305 g/mol. The third-order valence-corrected chi connectivity index (χ3v) is 3.67. The highest BCUT2D eigenvalue weighted by Crippen LogP contribution is 2.14. The maximum absolute atomic E-state index is 13.9. The van der Waals surface area contributed by atoms with Gasteiger partial charge in [0, 0.05) is 18.5 Å². The number of benzene rings is 1. The number of ketones is 1. The van der Waals surface area contributed by atoms with Crippen molar-refractivity contribution in [2.75, 3.05) is 13.2 Å². The highest BCUT2D eigenvalue weighted by molar-refractivity contribution is 5.94. The van der Waals surface area contributed by atoms with Crippen LogP contribution >= 0.6 is 0 Å². The van der Waals surface area contributed by atoms with Crippen molar-refractivity contribution in [1.82, 2.24) is 5.32 Å². The van der Waals surface area contributed by atoms with Crippen molar-refractivity contribution in [1.29, 1.82) is 0 Å². The molecule has 24 heavy (non-hydrogen) atoms. The Hall–Kier alpha value is -1.52. The van der Waals surface area contributed by atoms with E-state index in [4.69, 9.17) is 4.74 Å². The summed E-state index contributed by atoms with van der Waals surface area (Å²) in [5.41, 5.74) is 1.44. The summed E-state index contributed by atoms with van der Waals surface area (Å²) in [6.45, 7) is 11.1. The number of carbonyl (C=O) groups excluding carboxylic acids is 1. The molecule has 0 aliphatic rings. The van der Waals surface area contributed by atoms with E-state index in [0.717, 1.165) is 12.1 Å². The molecule has 0 radical (unpaired) electrons. The quantitative estimate of drug-likeness (QED) is 0.657. The van der Waals surface area contributed by atoms with Gasteiger partial charge in [-0.1, -0.05) is 39.8 Å². The maximum atomic E-state index is 13.9. The summed E-state index contributed by atoms with van der Waals surface area (Å²) in [5.74, 6) is -0.204. The van der Waals surface area contributed by atoms with Gasteiger partial charge >= 0.3 is 0 Å². The van der Waals surface area contributed by atoms with Gasteiger partial charge in [-0.2, -0.15) is 0 Å². The molecule has 0 heterocycles. The number of ether oxygens (including phenoxy) is 1. The molecule has 0 aliphatic heterocycles. The average molecular weight is 335 g/mol. The molecular formula is C20H30FNO2. The second-order valence-electron chi connectivity index (χ2n) is 6.74. The van der Waals surface area contributed by atoms with Crippen molar-refractivity contribution in [2.24, 2.45) is 5.92 Å². The molecule has 0 bridgehead atoms. The largest absolute Gasteiger partial charge is 0.377 e. The van der Waals surface area contributed by atoms with E-state index in [1.807, 2.05) is 20.8 Å². The van der Waals surface area contributed by atoms with E-state index >= 15 is 0 Å². The minimum absolute atomic E-state index is 0.0319. The number of allylic oxidation sites excluding steroid dienone is 1. The fraction of sp³-hybridized carbons (Fsp3) is 0.550. The molecule has 3 nitrogen and oxygen atoms in total. The van der Waals surface area contributed by atoms with Crippen LogP contribution in [0.15, 0.2) is 24.3 Å². The lowest BCUT2D eigenvalue weighted by Gasteiger charge is -2.16. The first-order valence-electron chi connectivity index (χ1n) is 8.65. The Labute approximate surface area is 145 Å². The van der Waals surface area contributed by atoms with E-state index in [0.29, 0.717) is 24.6 Å². The molecule has 0 aliphatic carbocycles. The first kappa shape index (κ1) is 20.5. The molecule has 1 rings (SSSR count). The van der Waals surface area contributed by atoms with Crippen LogP contribution in [0.5, 0.6) is 0 Å². The number of carbonyl (C=O) groups is 1. The Kier molecular flexibility index (Phi) is 8.87. The molecule has 0 saturated carbocycles. The fourth-order valence-corrected chi connectivity index (χ4v) is 2.09. The minimum atomic E-state index is -0.237. The SMILES string of the molecule is CC(C)NC[C@H](C)OCCc1cc(/C=C/C(=O)C(C)C)ccc1F. The second kappa shape index (κ2) is 10.4. The van der Waals surface area contributed by atoms with Crippen LogP contribution < -0.4 is 5.32 Å². The molecule has 1 N–H and O–H groups in total. The molecule has 1 atom stereocenters. The number of hydrogen-bond donors (Lipinski definition) is 1. The Bertz CT molecular complexity index is 553. The lowest BCUT2D eigenvalue weighted by molar-refractivity contribution is -0.117. The monoisotopic (exact) mass is 335 g/mol. The van der Waals surface area contributed by atoms with Gasteiger partial charge < -0.3 is 10.1 Å². The Morgan fingerprint density at radius 3 is 2.58 bits per heavy atom. The van der Waals surface area contributed by atoms with Crippen LogP contribution in [0.2, 0.25) is 0 Å². The standard InChI is InChI=1S/C20H30FNO2/c1-14(2)20(23)9-7-17-6-8-19(21)18(12-17)10-11-24-16(5)13-22-15(3)4/h6-9,12,14-16,22H,10-11,13H2,1-5H3/b9-7+/t16-/m0/s1. The van der Waals surface area contributed by atoms with Crippen LogP contribution in [-0.4, -0.2) is 31.1 Å². The Morgan fingerprint density at radius 1 is 1.25 bits per heavy atom. The summed E-state index contributed by atoms with van der Waals surface area (Å²) < 4.78 is 19.6. The van der Waals surface area contributed by atoms with Crippen LogP contribution in [-0.2, 0) is 16.0 Å². The third-order valence-electron chi connectivity index (χ3n) is 3.67. The van der Waals surface area contributed by atoms with E-state index in [1.165, 1.54) is 6.07 Å². The van der Waals surface area contributed by atoms with Gasteiger partial charge in [0.2, 0.25) is 0 Å². The molecule has 0 saturated heterocycles.